The first-order valence-electron chi connectivity index (χ1n) is 10.0. The summed E-state index contributed by atoms with van der Waals surface area (Å²) in [6.45, 7) is 0. The maximum atomic E-state index is 13.5. The molecule has 1 amide bonds. The Morgan fingerprint density at radius 1 is 1.00 bits per heavy atom. The molecule has 0 bridgehead atoms. The number of alkyl halides is 3. The predicted molar refractivity (Wildman–Crippen MR) is 120 cm³/mol. The van der Waals surface area contributed by atoms with E-state index in [1.165, 1.54) is 47.1 Å². The standard InChI is InChI=1S/C24H17ClF4N4O/c1-32-23(33(25)20(34)14-17-4-2-3-5-19(17)24(27,28)29)21(15-10-12-30-13-11-15)22(31-32)16-6-8-18(26)9-7-16/h2-13H,14H2,1H3. The van der Waals surface area contributed by atoms with E-state index in [1.807, 2.05) is 0 Å². The summed E-state index contributed by atoms with van der Waals surface area (Å²) in [5, 5.41) is 4.47. The summed E-state index contributed by atoms with van der Waals surface area (Å²) in [5.74, 6) is -1.05. The number of benzene rings is 2. The molecule has 5 nitrogen and oxygen atoms in total. The summed E-state index contributed by atoms with van der Waals surface area (Å²) in [6, 6.07) is 13.8. The molecule has 0 N–H and O–H groups in total. The molecule has 2 aromatic heterocycles. The molecule has 34 heavy (non-hydrogen) atoms. The van der Waals surface area contributed by atoms with Crippen LogP contribution in [0.4, 0.5) is 23.4 Å². The van der Waals surface area contributed by atoms with Crippen LogP contribution >= 0.6 is 11.8 Å². The second-order valence-corrected chi connectivity index (χ2v) is 7.76. The van der Waals surface area contributed by atoms with Crippen molar-refractivity contribution in [2.45, 2.75) is 12.6 Å². The summed E-state index contributed by atoms with van der Waals surface area (Å²) in [4.78, 5) is 17.0. The van der Waals surface area contributed by atoms with E-state index in [-0.39, 0.29) is 11.4 Å². The number of aromatic nitrogens is 3. The average Bonchev–Trinajstić information content (AvgIpc) is 3.16. The van der Waals surface area contributed by atoms with Gasteiger partial charge in [0, 0.05) is 36.8 Å². The number of hydrogen-bond acceptors (Lipinski definition) is 3. The third kappa shape index (κ3) is 4.65. The van der Waals surface area contributed by atoms with Gasteiger partial charge in [0.25, 0.3) is 0 Å². The minimum atomic E-state index is -4.61. The fraction of sp³-hybridized carbons (Fsp3) is 0.125. The Hall–Kier alpha value is -3.72. The first-order chi connectivity index (χ1) is 16.2. The molecular weight excluding hydrogens is 472 g/mol. The van der Waals surface area contributed by atoms with E-state index in [2.05, 4.69) is 10.1 Å². The molecule has 0 saturated carbocycles. The molecule has 0 fully saturated rings. The van der Waals surface area contributed by atoms with Crippen LogP contribution in [0.3, 0.4) is 0 Å². The summed E-state index contributed by atoms with van der Waals surface area (Å²) in [5.41, 5.74) is 0.945. The highest BCUT2D eigenvalue weighted by atomic mass is 35.5. The first-order valence-corrected chi connectivity index (χ1v) is 10.4. The van der Waals surface area contributed by atoms with E-state index in [9.17, 15) is 22.4 Å². The van der Waals surface area contributed by atoms with E-state index in [1.54, 1.807) is 31.6 Å². The number of carbonyl (C=O) groups is 1. The summed E-state index contributed by atoms with van der Waals surface area (Å²) in [7, 11) is 1.55. The third-order valence-electron chi connectivity index (χ3n) is 5.17. The van der Waals surface area contributed by atoms with Crippen molar-refractivity contribution >= 4 is 23.5 Å². The minimum Gasteiger partial charge on any atom is -0.273 e. The van der Waals surface area contributed by atoms with E-state index >= 15 is 0 Å². The number of amides is 1. The maximum absolute atomic E-state index is 13.5. The number of hydrogen-bond donors (Lipinski definition) is 0. The van der Waals surface area contributed by atoms with Gasteiger partial charge in [-0.2, -0.15) is 18.3 Å². The van der Waals surface area contributed by atoms with Crippen molar-refractivity contribution in [3.8, 4) is 22.4 Å². The van der Waals surface area contributed by atoms with Gasteiger partial charge < -0.3 is 0 Å². The Bertz CT molecular complexity index is 1320. The second-order valence-electron chi connectivity index (χ2n) is 7.42. The van der Waals surface area contributed by atoms with Crippen molar-refractivity contribution in [1.29, 1.82) is 0 Å². The molecule has 2 aromatic carbocycles. The lowest BCUT2D eigenvalue weighted by atomic mass is 10.0. The smallest absolute Gasteiger partial charge is 0.273 e. The van der Waals surface area contributed by atoms with Crippen LogP contribution in [0.1, 0.15) is 11.1 Å². The molecule has 0 unspecified atom stereocenters. The van der Waals surface area contributed by atoms with Gasteiger partial charge in [-0.1, -0.05) is 18.2 Å². The normalized spacial score (nSPS) is 11.5. The van der Waals surface area contributed by atoms with Crippen LogP contribution in [0.2, 0.25) is 0 Å². The fourth-order valence-electron chi connectivity index (χ4n) is 3.64. The van der Waals surface area contributed by atoms with Crippen LogP contribution in [0.15, 0.2) is 73.1 Å². The first kappa shape index (κ1) is 23.4. The molecule has 0 aliphatic rings. The van der Waals surface area contributed by atoms with Crippen LogP contribution in [0.5, 0.6) is 0 Å². The van der Waals surface area contributed by atoms with Gasteiger partial charge in [-0.3, -0.25) is 14.5 Å². The maximum Gasteiger partial charge on any atom is 0.416 e. The van der Waals surface area contributed by atoms with Crippen LogP contribution in [0.25, 0.3) is 22.4 Å². The van der Waals surface area contributed by atoms with Gasteiger partial charge in [-0.05, 0) is 53.6 Å². The number of halogens is 5. The molecule has 0 radical (unpaired) electrons. The van der Waals surface area contributed by atoms with Crippen molar-refractivity contribution in [3.05, 3.63) is 90.0 Å². The summed E-state index contributed by atoms with van der Waals surface area (Å²) < 4.78 is 55.8. The van der Waals surface area contributed by atoms with E-state index < -0.39 is 29.9 Å². The molecule has 0 atom stereocenters. The summed E-state index contributed by atoms with van der Waals surface area (Å²) in [6.07, 6.45) is -2.11. The molecule has 174 valence electrons. The Labute approximate surface area is 197 Å². The Morgan fingerprint density at radius 3 is 2.29 bits per heavy atom. The number of aryl methyl sites for hydroxylation is 1. The molecule has 4 rings (SSSR count). The topological polar surface area (TPSA) is 51.0 Å². The van der Waals surface area contributed by atoms with E-state index in [0.717, 1.165) is 10.5 Å². The van der Waals surface area contributed by atoms with Crippen molar-refractivity contribution in [2.75, 3.05) is 4.42 Å². The lowest BCUT2D eigenvalue weighted by Crippen LogP contribution is -2.26. The zero-order valence-corrected chi connectivity index (χ0v) is 18.5. The molecule has 4 aromatic rings. The Balaban J connectivity index is 1.79. The number of anilines is 1. The average molecular weight is 489 g/mol. The van der Waals surface area contributed by atoms with Crippen molar-refractivity contribution in [2.24, 2.45) is 7.05 Å². The molecule has 0 saturated heterocycles. The highest BCUT2D eigenvalue weighted by molar-refractivity contribution is 6.37. The van der Waals surface area contributed by atoms with Crippen molar-refractivity contribution in [1.82, 2.24) is 14.8 Å². The SMILES string of the molecule is Cn1nc(-c2ccc(F)cc2)c(-c2ccncc2)c1N(Cl)C(=O)Cc1ccccc1C(F)(F)F. The molecule has 0 aliphatic carbocycles. The second kappa shape index (κ2) is 9.26. The third-order valence-corrected chi connectivity index (χ3v) is 5.52. The van der Waals surface area contributed by atoms with E-state index in [0.29, 0.717) is 22.4 Å². The van der Waals surface area contributed by atoms with Gasteiger partial charge in [0.2, 0.25) is 5.91 Å². The van der Waals surface area contributed by atoms with Gasteiger partial charge in [-0.25, -0.2) is 8.81 Å². The molecule has 0 aliphatic heterocycles. The van der Waals surface area contributed by atoms with Crippen LogP contribution < -0.4 is 4.42 Å². The van der Waals surface area contributed by atoms with Crippen molar-refractivity contribution in [3.63, 3.8) is 0 Å². The van der Waals surface area contributed by atoms with Gasteiger partial charge in [-0.15, -0.1) is 0 Å². The van der Waals surface area contributed by atoms with Gasteiger partial charge in [0.15, 0.2) is 5.82 Å². The number of pyridine rings is 1. The number of rotatable bonds is 5. The Morgan fingerprint density at radius 2 is 1.65 bits per heavy atom. The predicted octanol–water partition coefficient (Wildman–Crippen LogP) is 6.04. The Kier molecular flexibility index (Phi) is 6.39. The highest BCUT2D eigenvalue weighted by Gasteiger charge is 2.34. The lowest BCUT2D eigenvalue weighted by Gasteiger charge is -2.18. The minimum absolute atomic E-state index is 0.154. The molecule has 10 heteroatoms. The zero-order valence-electron chi connectivity index (χ0n) is 17.7. The number of carbonyl (C=O) groups excluding carboxylic acids is 1. The van der Waals surface area contributed by atoms with Gasteiger partial charge in [0.05, 0.1) is 17.5 Å². The van der Waals surface area contributed by atoms with Gasteiger partial charge in [0.1, 0.15) is 11.5 Å². The molecule has 0 spiro atoms. The van der Waals surface area contributed by atoms with Gasteiger partial charge >= 0.3 is 6.18 Å². The number of nitrogens with zero attached hydrogens (tertiary/aromatic N) is 4. The monoisotopic (exact) mass is 488 g/mol. The van der Waals surface area contributed by atoms with Crippen molar-refractivity contribution < 1.29 is 22.4 Å². The molecule has 2 heterocycles. The van der Waals surface area contributed by atoms with E-state index in [4.69, 9.17) is 11.8 Å². The summed E-state index contributed by atoms with van der Waals surface area (Å²) >= 11 is 6.43. The fourth-order valence-corrected chi connectivity index (χ4v) is 3.89. The highest BCUT2D eigenvalue weighted by Crippen LogP contribution is 2.40. The largest absolute Gasteiger partial charge is 0.416 e. The molecular formula is C24H17ClF4N4O. The van der Waals surface area contributed by atoms with Crippen LogP contribution in [0, 0.1) is 5.82 Å². The lowest BCUT2D eigenvalue weighted by molar-refractivity contribution is -0.138. The zero-order chi connectivity index (χ0) is 24.5. The van der Waals surface area contributed by atoms with Crippen LogP contribution in [-0.4, -0.2) is 20.7 Å². The quantitative estimate of drug-likeness (QED) is 0.254. The van der Waals surface area contributed by atoms with Crippen LogP contribution in [-0.2, 0) is 24.4 Å².